The van der Waals surface area contributed by atoms with Gasteiger partial charge in [-0.15, -0.1) is 0 Å². The quantitative estimate of drug-likeness (QED) is 0.697. The molecule has 0 saturated heterocycles. The van der Waals surface area contributed by atoms with Crippen molar-refractivity contribution in [2.45, 2.75) is 19.3 Å². The summed E-state index contributed by atoms with van der Waals surface area (Å²) >= 11 is 3.38. The van der Waals surface area contributed by atoms with Gasteiger partial charge in [-0.25, -0.2) is 0 Å². The van der Waals surface area contributed by atoms with Crippen molar-refractivity contribution in [3.63, 3.8) is 0 Å². The maximum Gasteiger partial charge on any atom is 0.158 e. The molecule has 1 aliphatic rings. The predicted molar refractivity (Wildman–Crippen MR) is 61.0 cm³/mol. The third-order valence-electron chi connectivity index (χ3n) is 2.42. The third kappa shape index (κ3) is 2.13. The van der Waals surface area contributed by atoms with Crippen LogP contribution in [-0.4, -0.2) is 5.78 Å². The van der Waals surface area contributed by atoms with E-state index in [2.05, 4.69) is 15.9 Å². The summed E-state index contributed by atoms with van der Waals surface area (Å²) in [5, 5.41) is 0. The number of allylic oxidation sites excluding steroid dienone is 1. The maximum atomic E-state index is 11.4. The van der Waals surface area contributed by atoms with E-state index < -0.39 is 0 Å². The van der Waals surface area contributed by atoms with Gasteiger partial charge in [-0.3, -0.25) is 4.79 Å². The second kappa shape index (κ2) is 4.09. The van der Waals surface area contributed by atoms with Crippen molar-refractivity contribution in [2.75, 3.05) is 0 Å². The maximum absolute atomic E-state index is 11.4. The lowest BCUT2D eigenvalue weighted by Crippen LogP contribution is -1.90. The van der Waals surface area contributed by atoms with Gasteiger partial charge in [-0.2, -0.15) is 0 Å². The van der Waals surface area contributed by atoms with Crippen LogP contribution in [0.5, 0.6) is 0 Å². The largest absolute Gasteiger partial charge is 0.295 e. The molecule has 72 valence electrons. The highest BCUT2D eigenvalue weighted by molar-refractivity contribution is 9.10. The molecule has 0 amide bonds. The first-order chi connectivity index (χ1) is 6.75. The van der Waals surface area contributed by atoms with E-state index in [0.717, 1.165) is 34.9 Å². The minimum atomic E-state index is 0.313. The van der Waals surface area contributed by atoms with Crippen LogP contribution in [0.1, 0.15) is 24.8 Å². The Bertz CT molecular complexity index is 376. The van der Waals surface area contributed by atoms with Crippen LogP contribution in [0.3, 0.4) is 0 Å². The molecule has 2 heteroatoms. The molecule has 0 bridgehead atoms. The van der Waals surface area contributed by atoms with Crippen molar-refractivity contribution in [1.82, 2.24) is 0 Å². The topological polar surface area (TPSA) is 17.1 Å². The van der Waals surface area contributed by atoms with Gasteiger partial charge in [0.1, 0.15) is 0 Å². The Kier molecular flexibility index (Phi) is 2.82. The molecule has 0 aromatic heterocycles. The Morgan fingerprint density at radius 1 is 1.14 bits per heavy atom. The van der Waals surface area contributed by atoms with Crippen LogP contribution in [0.25, 0.3) is 6.08 Å². The molecule has 0 unspecified atom stereocenters. The lowest BCUT2D eigenvalue weighted by Gasteiger charge is -1.96. The summed E-state index contributed by atoms with van der Waals surface area (Å²) in [6.07, 6.45) is 4.68. The smallest absolute Gasteiger partial charge is 0.158 e. The predicted octanol–water partition coefficient (Wildman–Crippen LogP) is 3.59. The van der Waals surface area contributed by atoms with Gasteiger partial charge in [0.2, 0.25) is 0 Å². The SMILES string of the molecule is O=C1CCC/C1=C\c1ccc(Br)cc1. The number of hydrogen-bond donors (Lipinski definition) is 0. The molecule has 0 aliphatic heterocycles. The normalized spacial score (nSPS) is 19.2. The highest BCUT2D eigenvalue weighted by Crippen LogP contribution is 2.23. The number of hydrogen-bond acceptors (Lipinski definition) is 1. The molecule has 2 rings (SSSR count). The van der Waals surface area contributed by atoms with Crippen LogP contribution < -0.4 is 0 Å². The summed E-state index contributed by atoms with van der Waals surface area (Å²) in [4.78, 5) is 11.4. The van der Waals surface area contributed by atoms with Gasteiger partial charge in [0.15, 0.2) is 5.78 Å². The highest BCUT2D eigenvalue weighted by Gasteiger charge is 2.16. The van der Waals surface area contributed by atoms with Crippen molar-refractivity contribution in [3.05, 3.63) is 39.9 Å². The molecule has 1 saturated carbocycles. The van der Waals surface area contributed by atoms with E-state index in [9.17, 15) is 4.79 Å². The molecular formula is C12H11BrO. The average molecular weight is 251 g/mol. The first-order valence-corrected chi connectivity index (χ1v) is 5.54. The lowest BCUT2D eigenvalue weighted by atomic mass is 10.1. The fraction of sp³-hybridized carbons (Fsp3) is 0.250. The van der Waals surface area contributed by atoms with Gasteiger partial charge in [0.05, 0.1) is 0 Å². The van der Waals surface area contributed by atoms with Crippen LogP contribution >= 0.6 is 15.9 Å². The molecular weight excluding hydrogens is 240 g/mol. The molecule has 0 N–H and O–H groups in total. The molecule has 1 nitrogen and oxygen atoms in total. The van der Waals surface area contributed by atoms with E-state index in [0.29, 0.717) is 5.78 Å². The Balaban J connectivity index is 2.24. The lowest BCUT2D eigenvalue weighted by molar-refractivity contribution is -0.114. The number of benzene rings is 1. The summed E-state index contributed by atoms with van der Waals surface area (Å²) in [5.74, 6) is 0.313. The fourth-order valence-electron chi connectivity index (χ4n) is 1.65. The Hall–Kier alpha value is -0.890. The molecule has 0 atom stereocenters. The Morgan fingerprint density at radius 3 is 2.43 bits per heavy atom. The zero-order valence-corrected chi connectivity index (χ0v) is 9.38. The standard InChI is InChI=1S/C12H11BrO/c13-11-6-4-9(5-7-11)8-10-2-1-3-12(10)14/h4-8H,1-3H2/b10-8+. The zero-order chi connectivity index (χ0) is 9.97. The van der Waals surface area contributed by atoms with Crippen molar-refractivity contribution in [1.29, 1.82) is 0 Å². The van der Waals surface area contributed by atoms with E-state index in [1.54, 1.807) is 0 Å². The molecule has 0 radical (unpaired) electrons. The van der Waals surface area contributed by atoms with Gasteiger partial charge < -0.3 is 0 Å². The van der Waals surface area contributed by atoms with E-state index in [4.69, 9.17) is 0 Å². The summed E-state index contributed by atoms with van der Waals surface area (Å²) in [7, 11) is 0. The second-order valence-corrected chi connectivity index (χ2v) is 4.41. The summed E-state index contributed by atoms with van der Waals surface area (Å²) in [5.41, 5.74) is 2.09. The summed E-state index contributed by atoms with van der Waals surface area (Å²) in [6.45, 7) is 0. The van der Waals surface area contributed by atoms with Crippen molar-refractivity contribution < 1.29 is 4.79 Å². The summed E-state index contributed by atoms with van der Waals surface area (Å²) in [6, 6.07) is 8.02. The van der Waals surface area contributed by atoms with Crippen LogP contribution in [0.4, 0.5) is 0 Å². The molecule has 1 fully saturated rings. The van der Waals surface area contributed by atoms with Gasteiger partial charge in [-0.05, 0) is 42.2 Å². The number of rotatable bonds is 1. The number of ketones is 1. The second-order valence-electron chi connectivity index (χ2n) is 3.50. The molecule has 1 aromatic rings. The number of halogens is 1. The molecule has 14 heavy (non-hydrogen) atoms. The van der Waals surface area contributed by atoms with E-state index in [1.807, 2.05) is 30.3 Å². The van der Waals surface area contributed by atoms with Crippen LogP contribution in [-0.2, 0) is 4.79 Å². The Labute approximate surface area is 92.0 Å². The van der Waals surface area contributed by atoms with Gasteiger partial charge in [-0.1, -0.05) is 28.1 Å². The van der Waals surface area contributed by atoms with Gasteiger partial charge in [0, 0.05) is 10.9 Å². The first-order valence-electron chi connectivity index (χ1n) is 4.75. The summed E-state index contributed by atoms with van der Waals surface area (Å²) < 4.78 is 1.07. The molecule has 1 aliphatic carbocycles. The van der Waals surface area contributed by atoms with E-state index >= 15 is 0 Å². The third-order valence-corrected chi connectivity index (χ3v) is 2.95. The minimum absolute atomic E-state index is 0.313. The number of Topliss-reactive ketones (excluding diaryl/α,β-unsaturated/α-hetero) is 1. The zero-order valence-electron chi connectivity index (χ0n) is 7.79. The number of carbonyl (C=O) groups excluding carboxylic acids is 1. The molecule has 1 aromatic carbocycles. The average Bonchev–Trinajstić information content (AvgIpc) is 2.56. The van der Waals surface area contributed by atoms with Crippen molar-refractivity contribution in [2.24, 2.45) is 0 Å². The Morgan fingerprint density at radius 2 is 1.86 bits per heavy atom. The van der Waals surface area contributed by atoms with Crippen LogP contribution in [0.15, 0.2) is 34.3 Å². The van der Waals surface area contributed by atoms with Crippen molar-refractivity contribution >= 4 is 27.8 Å². The van der Waals surface area contributed by atoms with Crippen LogP contribution in [0, 0.1) is 0 Å². The minimum Gasteiger partial charge on any atom is -0.295 e. The highest BCUT2D eigenvalue weighted by atomic mass is 79.9. The van der Waals surface area contributed by atoms with Gasteiger partial charge in [0.25, 0.3) is 0 Å². The van der Waals surface area contributed by atoms with Crippen molar-refractivity contribution in [3.8, 4) is 0 Å². The number of carbonyl (C=O) groups is 1. The molecule has 0 spiro atoms. The molecule has 0 heterocycles. The monoisotopic (exact) mass is 250 g/mol. The fourth-order valence-corrected chi connectivity index (χ4v) is 1.92. The first kappa shape index (κ1) is 9.66. The van der Waals surface area contributed by atoms with Crippen LogP contribution in [0.2, 0.25) is 0 Å². The van der Waals surface area contributed by atoms with E-state index in [1.165, 1.54) is 0 Å². The van der Waals surface area contributed by atoms with Gasteiger partial charge >= 0.3 is 0 Å². The van der Waals surface area contributed by atoms with E-state index in [-0.39, 0.29) is 0 Å².